The minimum Gasteiger partial charge on any atom is -0.378 e. The van der Waals surface area contributed by atoms with E-state index in [1.807, 2.05) is 18.9 Å². The van der Waals surface area contributed by atoms with Crippen LogP contribution in [0.25, 0.3) is 16.9 Å². The topological polar surface area (TPSA) is 103 Å². The van der Waals surface area contributed by atoms with Gasteiger partial charge in [-0.3, -0.25) is 14.5 Å². The van der Waals surface area contributed by atoms with Crippen LogP contribution in [0, 0.1) is 20.8 Å². The monoisotopic (exact) mass is 540 g/mol. The number of rotatable bonds is 5. The number of hydrogen-bond donors (Lipinski definition) is 1. The highest BCUT2D eigenvalue weighted by Crippen LogP contribution is 2.38. The molecule has 1 aliphatic rings. The first-order valence-electron chi connectivity index (χ1n) is 12.3. The standard InChI is InChI=1S/C26H27F3N8O2/c1-15-21(10-19(26(27,28)29)11-23(15)36-5-7-39-8-6-36)32-25(38)18-9-24(16(2)30-12-18)37-14-22(33-34-37)20-13-31-35(4)17(20)3/h9-14H,5-8H2,1-4H3,(H,32,38). The van der Waals surface area contributed by atoms with Gasteiger partial charge < -0.3 is 15.0 Å². The van der Waals surface area contributed by atoms with Crippen molar-refractivity contribution >= 4 is 17.3 Å². The molecule has 0 atom stereocenters. The molecule has 4 aromatic rings. The number of pyridine rings is 1. The van der Waals surface area contributed by atoms with Gasteiger partial charge in [-0.1, -0.05) is 5.21 Å². The fourth-order valence-corrected chi connectivity index (χ4v) is 4.45. The molecule has 3 aromatic heterocycles. The Hall–Kier alpha value is -4.26. The number of alkyl halides is 3. The van der Waals surface area contributed by atoms with E-state index < -0.39 is 17.6 Å². The summed E-state index contributed by atoms with van der Waals surface area (Å²) in [6.45, 7) is 7.12. The summed E-state index contributed by atoms with van der Waals surface area (Å²) in [4.78, 5) is 19.4. The summed E-state index contributed by atoms with van der Waals surface area (Å²) >= 11 is 0. The molecule has 204 valence electrons. The van der Waals surface area contributed by atoms with Crippen LogP contribution in [0.3, 0.4) is 0 Å². The van der Waals surface area contributed by atoms with E-state index in [1.54, 1.807) is 37.0 Å². The molecular weight excluding hydrogens is 513 g/mol. The maximum atomic E-state index is 13.8. The van der Waals surface area contributed by atoms with Crippen LogP contribution < -0.4 is 10.2 Å². The molecule has 1 N–H and O–H groups in total. The van der Waals surface area contributed by atoms with Crippen molar-refractivity contribution in [2.45, 2.75) is 26.9 Å². The Morgan fingerprint density at radius 3 is 2.46 bits per heavy atom. The Morgan fingerprint density at radius 1 is 1.05 bits per heavy atom. The van der Waals surface area contributed by atoms with Crippen LogP contribution in [0.4, 0.5) is 24.5 Å². The van der Waals surface area contributed by atoms with Crippen LogP contribution in [0.5, 0.6) is 0 Å². The van der Waals surface area contributed by atoms with Crippen LogP contribution >= 0.6 is 0 Å². The van der Waals surface area contributed by atoms with Gasteiger partial charge in [0.2, 0.25) is 0 Å². The highest BCUT2D eigenvalue weighted by Gasteiger charge is 2.33. The van der Waals surface area contributed by atoms with Gasteiger partial charge in [0.25, 0.3) is 5.91 Å². The van der Waals surface area contributed by atoms with Gasteiger partial charge in [0.05, 0.1) is 48.1 Å². The van der Waals surface area contributed by atoms with Crippen molar-refractivity contribution < 1.29 is 22.7 Å². The molecule has 0 saturated carbocycles. The van der Waals surface area contributed by atoms with E-state index in [0.29, 0.717) is 54.6 Å². The van der Waals surface area contributed by atoms with E-state index in [1.165, 1.54) is 10.9 Å². The second-order valence-corrected chi connectivity index (χ2v) is 9.36. The summed E-state index contributed by atoms with van der Waals surface area (Å²) in [6.07, 6.45) is 0.204. The molecule has 1 aliphatic heterocycles. The lowest BCUT2D eigenvalue weighted by molar-refractivity contribution is -0.137. The largest absolute Gasteiger partial charge is 0.416 e. The van der Waals surface area contributed by atoms with E-state index in [-0.39, 0.29) is 11.3 Å². The number of nitrogens with zero attached hydrogens (tertiary/aromatic N) is 7. The van der Waals surface area contributed by atoms with E-state index in [9.17, 15) is 18.0 Å². The SMILES string of the molecule is Cc1ncc(C(=O)Nc2cc(C(F)(F)F)cc(N3CCOCC3)c2C)cc1-n1cc(-c2cnn(C)c2C)nn1. The molecule has 0 aliphatic carbocycles. The van der Waals surface area contributed by atoms with Crippen LogP contribution in [0.2, 0.25) is 0 Å². The van der Waals surface area contributed by atoms with Crippen LogP contribution in [0.15, 0.2) is 36.8 Å². The number of benzene rings is 1. The number of halogens is 3. The van der Waals surface area contributed by atoms with Gasteiger partial charge >= 0.3 is 6.18 Å². The normalized spacial score (nSPS) is 14.1. The Kier molecular flexibility index (Phi) is 6.85. The Balaban J connectivity index is 1.46. The second kappa shape index (κ2) is 10.1. The molecule has 0 spiro atoms. The number of morpholine rings is 1. The van der Waals surface area contributed by atoms with Gasteiger partial charge in [-0.05, 0) is 44.5 Å². The van der Waals surface area contributed by atoms with E-state index >= 15 is 0 Å². The van der Waals surface area contributed by atoms with Crippen LogP contribution in [-0.4, -0.2) is 62.0 Å². The third kappa shape index (κ3) is 5.21. The lowest BCUT2D eigenvalue weighted by atomic mass is 10.0. The van der Waals surface area contributed by atoms with Crippen molar-refractivity contribution in [3.8, 4) is 16.9 Å². The zero-order chi connectivity index (χ0) is 27.9. The molecule has 5 rings (SSSR count). The molecule has 4 heterocycles. The number of carbonyl (C=O) groups is 1. The van der Waals surface area contributed by atoms with Gasteiger partial charge in [0.1, 0.15) is 5.69 Å². The predicted molar refractivity (Wildman–Crippen MR) is 138 cm³/mol. The molecule has 13 heteroatoms. The number of hydrogen-bond acceptors (Lipinski definition) is 7. The molecule has 39 heavy (non-hydrogen) atoms. The first kappa shape index (κ1) is 26.4. The fraction of sp³-hybridized carbons (Fsp3) is 0.346. The predicted octanol–water partition coefficient (Wildman–Crippen LogP) is 4.10. The highest BCUT2D eigenvalue weighted by atomic mass is 19.4. The van der Waals surface area contributed by atoms with Crippen molar-refractivity contribution in [3.63, 3.8) is 0 Å². The molecule has 1 fully saturated rings. The minimum atomic E-state index is -4.58. The van der Waals surface area contributed by atoms with Gasteiger partial charge in [-0.15, -0.1) is 5.10 Å². The number of aryl methyl sites for hydroxylation is 2. The Bertz CT molecular complexity index is 1540. The first-order valence-corrected chi connectivity index (χ1v) is 12.3. The quantitative estimate of drug-likeness (QED) is 0.407. The van der Waals surface area contributed by atoms with Gasteiger partial charge in [-0.25, -0.2) is 4.68 Å². The number of nitrogens with one attached hydrogen (secondary N) is 1. The average Bonchev–Trinajstić information content (AvgIpc) is 3.52. The van der Waals surface area contributed by atoms with Crippen molar-refractivity contribution in [2.24, 2.45) is 7.05 Å². The van der Waals surface area contributed by atoms with Crippen molar-refractivity contribution in [2.75, 3.05) is 36.5 Å². The van der Waals surface area contributed by atoms with Crippen molar-refractivity contribution in [1.29, 1.82) is 0 Å². The second-order valence-electron chi connectivity index (χ2n) is 9.36. The summed E-state index contributed by atoms with van der Waals surface area (Å²) in [5.41, 5.74) is 3.78. The summed E-state index contributed by atoms with van der Waals surface area (Å²) in [5, 5.41) is 15.3. The first-order chi connectivity index (χ1) is 18.5. The van der Waals surface area contributed by atoms with Gasteiger partial charge in [0, 0.05) is 49.0 Å². The summed E-state index contributed by atoms with van der Waals surface area (Å²) in [6, 6.07) is 3.66. The fourth-order valence-electron chi connectivity index (χ4n) is 4.45. The molecule has 1 saturated heterocycles. The average molecular weight is 541 g/mol. The molecule has 1 amide bonds. The zero-order valence-electron chi connectivity index (χ0n) is 21.9. The third-order valence-corrected chi connectivity index (χ3v) is 6.88. The van der Waals surface area contributed by atoms with Crippen LogP contribution in [-0.2, 0) is 18.0 Å². The number of amides is 1. The lowest BCUT2D eigenvalue weighted by Gasteiger charge is -2.31. The zero-order valence-corrected chi connectivity index (χ0v) is 21.9. The molecular formula is C26H27F3N8O2. The van der Waals surface area contributed by atoms with Crippen LogP contribution in [0.1, 0.15) is 32.9 Å². The molecule has 10 nitrogen and oxygen atoms in total. The molecule has 1 aromatic carbocycles. The Labute approximate surface area is 222 Å². The number of ether oxygens (including phenoxy) is 1. The van der Waals surface area contributed by atoms with Crippen molar-refractivity contribution in [1.82, 2.24) is 29.8 Å². The summed E-state index contributed by atoms with van der Waals surface area (Å²) < 4.78 is 49.9. The van der Waals surface area contributed by atoms with Crippen molar-refractivity contribution in [3.05, 3.63) is 64.9 Å². The summed E-state index contributed by atoms with van der Waals surface area (Å²) in [5.74, 6) is -0.595. The van der Waals surface area contributed by atoms with E-state index in [2.05, 4.69) is 25.7 Å². The molecule has 0 radical (unpaired) electrons. The number of aromatic nitrogens is 6. The molecule has 0 unspecified atom stereocenters. The van der Waals surface area contributed by atoms with E-state index in [4.69, 9.17) is 4.74 Å². The molecule has 0 bridgehead atoms. The number of carbonyl (C=O) groups excluding carboxylic acids is 1. The maximum absolute atomic E-state index is 13.8. The maximum Gasteiger partial charge on any atom is 0.416 e. The number of anilines is 2. The lowest BCUT2D eigenvalue weighted by Crippen LogP contribution is -2.37. The summed E-state index contributed by atoms with van der Waals surface area (Å²) in [7, 11) is 1.83. The Morgan fingerprint density at radius 2 is 1.79 bits per heavy atom. The highest BCUT2D eigenvalue weighted by molar-refractivity contribution is 6.05. The third-order valence-electron chi connectivity index (χ3n) is 6.88. The van der Waals surface area contributed by atoms with Gasteiger partial charge in [0.15, 0.2) is 0 Å². The van der Waals surface area contributed by atoms with Gasteiger partial charge in [-0.2, -0.15) is 18.3 Å². The smallest absolute Gasteiger partial charge is 0.378 e. The minimum absolute atomic E-state index is 0.0773. The van der Waals surface area contributed by atoms with E-state index in [0.717, 1.165) is 23.4 Å².